The minimum Gasteiger partial charge on any atom is -0.310 e. The van der Waals surface area contributed by atoms with Gasteiger partial charge in [-0.15, -0.1) is 0 Å². The summed E-state index contributed by atoms with van der Waals surface area (Å²) < 4.78 is 0. The molecule has 0 bridgehead atoms. The first-order valence-corrected chi connectivity index (χ1v) is 16.4. The predicted molar refractivity (Wildman–Crippen MR) is 199 cm³/mol. The highest BCUT2D eigenvalue weighted by atomic mass is 16.1. The third-order valence-corrected chi connectivity index (χ3v) is 9.16. The van der Waals surface area contributed by atoms with Gasteiger partial charge in [-0.05, 0) is 171 Å². The van der Waals surface area contributed by atoms with Crippen LogP contribution < -0.4 is 9.80 Å². The third kappa shape index (κ3) is 7.13. The number of carbonyl (C=O) groups is 2. The molecule has 0 N–H and O–H groups in total. The van der Waals surface area contributed by atoms with E-state index in [0.29, 0.717) is 11.1 Å². The lowest BCUT2D eigenvalue weighted by Crippen LogP contribution is -2.11. The van der Waals surface area contributed by atoms with Gasteiger partial charge >= 0.3 is 0 Å². The van der Waals surface area contributed by atoms with Gasteiger partial charge in [0.25, 0.3) is 0 Å². The Labute approximate surface area is 283 Å². The molecule has 0 saturated heterocycles. The molecule has 0 unspecified atom stereocenters. The smallest absolute Gasteiger partial charge is 0.150 e. The summed E-state index contributed by atoms with van der Waals surface area (Å²) in [5, 5.41) is 0. The van der Waals surface area contributed by atoms with Crippen LogP contribution in [0.4, 0.5) is 34.1 Å². The highest BCUT2D eigenvalue weighted by molar-refractivity contribution is 5.82. The molecule has 0 spiro atoms. The first kappa shape index (κ1) is 32.2. The Morgan fingerprint density at radius 2 is 0.667 bits per heavy atom. The van der Waals surface area contributed by atoms with Gasteiger partial charge in [0, 0.05) is 45.3 Å². The Bertz CT molecular complexity index is 1880. The van der Waals surface area contributed by atoms with Gasteiger partial charge in [-0.2, -0.15) is 0 Å². The van der Waals surface area contributed by atoms with Crippen LogP contribution in [0.1, 0.15) is 54.1 Å². The molecule has 0 heterocycles. The van der Waals surface area contributed by atoms with Crippen LogP contribution in [0.15, 0.2) is 133 Å². The number of nitrogens with zero attached hydrogens (tertiary/aromatic N) is 2. The highest BCUT2D eigenvalue weighted by Gasteiger charge is 2.15. The molecular formula is C44H40N2O2. The second-order valence-electron chi connectivity index (χ2n) is 12.5. The SMILES string of the molecule is Cc1ccc(N(c2ccc(C=O)cc2)c2ccc(CCc3ccc(N(c4ccc(C=O)cc4)c4ccc(C)c(C)c4)cc3)cc2)cc1C. The lowest BCUT2D eigenvalue weighted by molar-refractivity contribution is 0.111. The van der Waals surface area contributed by atoms with E-state index in [2.05, 4.69) is 122 Å². The Balaban J connectivity index is 1.21. The van der Waals surface area contributed by atoms with E-state index in [1.54, 1.807) is 0 Å². The van der Waals surface area contributed by atoms with E-state index < -0.39 is 0 Å². The van der Waals surface area contributed by atoms with E-state index in [-0.39, 0.29) is 0 Å². The summed E-state index contributed by atoms with van der Waals surface area (Å²) in [6.07, 6.45) is 3.60. The topological polar surface area (TPSA) is 40.6 Å². The van der Waals surface area contributed by atoms with Crippen molar-refractivity contribution in [1.82, 2.24) is 0 Å². The maximum absolute atomic E-state index is 11.3. The molecule has 48 heavy (non-hydrogen) atoms. The minimum absolute atomic E-state index is 0.661. The summed E-state index contributed by atoms with van der Waals surface area (Å²) >= 11 is 0. The second kappa shape index (κ2) is 14.4. The molecule has 0 aliphatic carbocycles. The molecule has 238 valence electrons. The zero-order valence-electron chi connectivity index (χ0n) is 28.0. The summed E-state index contributed by atoms with van der Waals surface area (Å²) in [6.45, 7) is 8.52. The van der Waals surface area contributed by atoms with Gasteiger partial charge in [0.15, 0.2) is 0 Å². The summed E-state index contributed by atoms with van der Waals surface area (Å²) in [7, 11) is 0. The molecule has 4 nitrogen and oxygen atoms in total. The standard InChI is InChI=1S/C44H40N2O2/c1-31-5-17-43(27-33(31)3)45(41-23-13-37(29-47)14-24-41)39-19-9-35(10-20-39)7-8-36-11-21-40(22-12-36)46(42-25-15-38(30-48)16-26-42)44-18-6-32(2)34(4)28-44/h5-6,9-30H,7-8H2,1-4H3. The summed E-state index contributed by atoms with van der Waals surface area (Å²) in [5.41, 5.74) is 15.1. The van der Waals surface area contributed by atoms with Crippen molar-refractivity contribution >= 4 is 46.7 Å². The van der Waals surface area contributed by atoms with E-state index in [9.17, 15) is 9.59 Å². The van der Waals surface area contributed by atoms with Crippen LogP contribution >= 0.6 is 0 Å². The number of aldehydes is 2. The van der Waals surface area contributed by atoms with E-state index >= 15 is 0 Å². The first-order valence-electron chi connectivity index (χ1n) is 16.4. The quantitative estimate of drug-likeness (QED) is 0.134. The van der Waals surface area contributed by atoms with Gasteiger partial charge in [-0.3, -0.25) is 9.59 Å². The van der Waals surface area contributed by atoms with E-state index in [4.69, 9.17) is 0 Å². The minimum atomic E-state index is 0.661. The third-order valence-electron chi connectivity index (χ3n) is 9.16. The highest BCUT2D eigenvalue weighted by Crippen LogP contribution is 2.37. The fourth-order valence-electron chi connectivity index (χ4n) is 5.94. The summed E-state index contributed by atoms with van der Waals surface area (Å²) in [4.78, 5) is 27.0. The number of hydrogen-bond acceptors (Lipinski definition) is 4. The number of carbonyl (C=O) groups excluding carboxylic acids is 2. The fourth-order valence-corrected chi connectivity index (χ4v) is 5.94. The van der Waals surface area contributed by atoms with Gasteiger partial charge in [0.1, 0.15) is 12.6 Å². The lowest BCUT2D eigenvalue weighted by Gasteiger charge is -2.26. The van der Waals surface area contributed by atoms with Crippen LogP contribution in [0.2, 0.25) is 0 Å². The van der Waals surface area contributed by atoms with Crippen LogP contribution in [-0.4, -0.2) is 12.6 Å². The molecule has 6 aromatic rings. The molecule has 0 amide bonds. The van der Waals surface area contributed by atoms with Gasteiger partial charge in [-0.1, -0.05) is 36.4 Å². The van der Waals surface area contributed by atoms with Crippen LogP contribution in [0.3, 0.4) is 0 Å². The Kier molecular flexibility index (Phi) is 9.63. The number of hydrogen-bond donors (Lipinski definition) is 0. The summed E-state index contributed by atoms with van der Waals surface area (Å²) in [5.74, 6) is 0. The van der Waals surface area contributed by atoms with E-state index in [1.165, 1.54) is 33.4 Å². The Morgan fingerprint density at radius 1 is 0.375 bits per heavy atom. The Hall–Kier alpha value is -5.74. The van der Waals surface area contributed by atoms with Crippen molar-refractivity contribution in [3.05, 3.63) is 178 Å². The van der Waals surface area contributed by atoms with Crippen LogP contribution in [0.5, 0.6) is 0 Å². The largest absolute Gasteiger partial charge is 0.310 e. The number of rotatable bonds is 11. The molecular weight excluding hydrogens is 588 g/mol. The fraction of sp³-hybridized carbons (Fsp3) is 0.136. The van der Waals surface area contributed by atoms with Gasteiger partial charge in [0.2, 0.25) is 0 Å². The molecule has 6 rings (SSSR count). The van der Waals surface area contributed by atoms with Crippen LogP contribution in [0.25, 0.3) is 0 Å². The molecule has 6 aromatic carbocycles. The zero-order valence-corrected chi connectivity index (χ0v) is 28.0. The van der Waals surface area contributed by atoms with Crippen LogP contribution in [0, 0.1) is 27.7 Å². The molecule has 4 heteroatoms. The average molecular weight is 629 g/mol. The normalized spacial score (nSPS) is 10.8. The zero-order chi connectivity index (χ0) is 33.6. The van der Waals surface area contributed by atoms with Crippen molar-refractivity contribution in [3.8, 4) is 0 Å². The molecule has 0 aromatic heterocycles. The first-order chi connectivity index (χ1) is 23.3. The average Bonchev–Trinajstić information content (AvgIpc) is 3.12. The summed E-state index contributed by atoms with van der Waals surface area (Å²) in [6, 6.07) is 46.0. The lowest BCUT2D eigenvalue weighted by atomic mass is 10.0. The number of benzene rings is 6. The second-order valence-corrected chi connectivity index (χ2v) is 12.5. The van der Waals surface area contributed by atoms with Crippen molar-refractivity contribution in [2.24, 2.45) is 0 Å². The van der Waals surface area contributed by atoms with Crippen LogP contribution in [-0.2, 0) is 12.8 Å². The molecule has 0 atom stereocenters. The number of anilines is 6. The van der Waals surface area contributed by atoms with Crippen molar-refractivity contribution in [1.29, 1.82) is 0 Å². The van der Waals surface area contributed by atoms with Gasteiger partial charge in [0.05, 0.1) is 0 Å². The molecule has 0 saturated carbocycles. The number of aryl methyl sites for hydroxylation is 6. The molecule has 0 radical (unpaired) electrons. The Morgan fingerprint density at radius 3 is 0.958 bits per heavy atom. The molecule has 0 aliphatic rings. The monoisotopic (exact) mass is 628 g/mol. The molecule has 0 aliphatic heterocycles. The molecule has 0 fully saturated rings. The van der Waals surface area contributed by atoms with E-state index in [0.717, 1.165) is 59.5 Å². The predicted octanol–water partition coefficient (Wildman–Crippen LogP) is 11.3. The van der Waals surface area contributed by atoms with Crippen molar-refractivity contribution in [2.45, 2.75) is 40.5 Å². The van der Waals surface area contributed by atoms with E-state index in [1.807, 2.05) is 48.5 Å². The van der Waals surface area contributed by atoms with Gasteiger partial charge < -0.3 is 9.80 Å². The van der Waals surface area contributed by atoms with Crippen molar-refractivity contribution < 1.29 is 9.59 Å². The van der Waals surface area contributed by atoms with Gasteiger partial charge in [-0.25, -0.2) is 0 Å². The maximum atomic E-state index is 11.3. The van der Waals surface area contributed by atoms with Crippen molar-refractivity contribution in [3.63, 3.8) is 0 Å². The van der Waals surface area contributed by atoms with Crippen molar-refractivity contribution in [2.75, 3.05) is 9.80 Å². The maximum Gasteiger partial charge on any atom is 0.150 e.